The Kier molecular flexibility index (Phi) is 4.14. The summed E-state index contributed by atoms with van der Waals surface area (Å²) in [6, 6.07) is 7.08. The molecule has 21 heavy (non-hydrogen) atoms. The van der Waals surface area contributed by atoms with Crippen LogP contribution in [0, 0.1) is 37.0 Å². The normalized spacial score (nSPS) is 30.7. The van der Waals surface area contributed by atoms with Gasteiger partial charge in [-0.1, -0.05) is 32.0 Å². The van der Waals surface area contributed by atoms with Gasteiger partial charge in [0.15, 0.2) is 0 Å². The largest absolute Gasteiger partial charge is 0.316 e. The first kappa shape index (κ1) is 15.1. The van der Waals surface area contributed by atoms with Gasteiger partial charge in [-0.05, 0) is 85.9 Å². The van der Waals surface area contributed by atoms with Crippen LogP contribution in [0.3, 0.4) is 0 Å². The molecule has 0 saturated heterocycles. The zero-order valence-electron chi connectivity index (χ0n) is 14.2. The molecule has 2 unspecified atom stereocenters. The molecule has 2 fully saturated rings. The van der Waals surface area contributed by atoms with Gasteiger partial charge in [0.25, 0.3) is 0 Å². The van der Waals surface area contributed by atoms with Gasteiger partial charge in [-0.15, -0.1) is 0 Å². The van der Waals surface area contributed by atoms with Crippen molar-refractivity contribution in [3.63, 3.8) is 0 Å². The molecule has 0 spiro atoms. The molecule has 3 rings (SSSR count). The third-order valence-electron chi connectivity index (χ3n) is 5.66. The van der Waals surface area contributed by atoms with Crippen LogP contribution in [0.2, 0.25) is 0 Å². The van der Waals surface area contributed by atoms with E-state index in [1.807, 2.05) is 0 Å². The van der Waals surface area contributed by atoms with E-state index in [4.69, 9.17) is 0 Å². The Morgan fingerprint density at radius 2 is 1.86 bits per heavy atom. The maximum absolute atomic E-state index is 3.75. The minimum Gasteiger partial charge on any atom is -0.316 e. The van der Waals surface area contributed by atoms with E-state index < -0.39 is 0 Å². The lowest BCUT2D eigenvalue weighted by Gasteiger charge is -2.32. The van der Waals surface area contributed by atoms with Crippen LogP contribution in [0.4, 0.5) is 0 Å². The van der Waals surface area contributed by atoms with Crippen LogP contribution in [0.1, 0.15) is 49.8 Å². The fourth-order valence-electron chi connectivity index (χ4n) is 4.33. The van der Waals surface area contributed by atoms with E-state index in [9.17, 15) is 0 Å². The highest BCUT2D eigenvalue weighted by atomic mass is 14.9. The first-order valence-corrected chi connectivity index (χ1v) is 8.74. The van der Waals surface area contributed by atoms with Crippen molar-refractivity contribution in [3.05, 3.63) is 34.9 Å². The van der Waals surface area contributed by atoms with Crippen molar-refractivity contribution in [1.82, 2.24) is 5.32 Å². The van der Waals surface area contributed by atoms with Crippen molar-refractivity contribution < 1.29 is 0 Å². The van der Waals surface area contributed by atoms with Crippen molar-refractivity contribution in [3.8, 4) is 0 Å². The fourth-order valence-corrected chi connectivity index (χ4v) is 4.33. The summed E-state index contributed by atoms with van der Waals surface area (Å²) in [6.07, 6.45) is 5.69. The Hall–Kier alpha value is -0.820. The summed E-state index contributed by atoms with van der Waals surface area (Å²) in [7, 11) is 0. The SMILES string of the molecule is Cc1ccc(CC2(CNCC(C)C)CC3CC3C2)cc1C. The summed E-state index contributed by atoms with van der Waals surface area (Å²) in [5, 5.41) is 3.75. The quantitative estimate of drug-likeness (QED) is 0.811. The maximum atomic E-state index is 3.75. The van der Waals surface area contributed by atoms with Crippen molar-refractivity contribution in [2.24, 2.45) is 23.2 Å². The molecule has 0 bridgehead atoms. The number of fused-ring (bicyclic) bond motifs is 1. The number of benzene rings is 1. The van der Waals surface area contributed by atoms with Crippen LogP contribution in [-0.4, -0.2) is 13.1 Å². The smallest absolute Gasteiger partial charge is 0.00113 e. The summed E-state index contributed by atoms with van der Waals surface area (Å²) < 4.78 is 0. The molecule has 2 saturated carbocycles. The minimum atomic E-state index is 0.532. The third kappa shape index (κ3) is 3.51. The molecule has 2 aliphatic rings. The predicted molar refractivity (Wildman–Crippen MR) is 90.6 cm³/mol. The second kappa shape index (κ2) is 5.76. The van der Waals surface area contributed by atoms with Gasteiger partial charge >= 0.3 is 0 Å². The third-order valence-corrected chi connectivity index (χ3v) is 5.66. The fraction of sp³-hybridized carbons (Fsp3) is 0.700. The van der Waals surface area contributed by atoms with Gasteiger partial charge in [0.05, 0.1) is 0 Å². The number of hydrogen-bond donors (Lipinski definition) is 1. The van der Waals surface area contributed by atoms with E-state index in [1.165, 1.54) is 43.4 Å². The van der Waals surface area contributed by atoms with Gasteiger partial charge in [-0.25, -0.2) is 0 Å². The van der Waals surface area contributed by atoms with Crippen molar-refractivity contribution in [2.75, 3.05) is 13.1 Å². The Labute approximate surface area is 130 Å². The van der Waals surface area contributed by atoms with Crippen LogP contribution in [-0.2, 0) is 6.42 Å². The molecular weight excluding hydrogens is 254 g/mol. The first-order valence-electron chi connectivity index (χ1n) is 8.74. The molecule has 1 heteroatoms. The molecule has 2 aliphatic carbocycles. The standard InChI is InChI=1S/C20H31N/c1-14(2)12-21-13-20(10-18-8-19(18)11-20)9-17-6-5-15(3)16(4)7-17/h5-7,14,18-19,21H,8-13H2,1-4H3. The highest BCUT2D eigenvalue weighted by Crippen LogP contribution is 2.60. The van der Waals surface area contributed by atoms with Crippen LogP contribution >= 0.6 is 0 Å². The molecule has 2 atom stereocenters. The summed E-state index contributed by atoms with van der Waals surface area (Å²) in [4.78, 5) is 0. The van der Waals surface area contributed by atoms with Crippen molar-refractivity contribution in [2.45, 2.75) is 53.4 Å². The molecule has 1 N–H and O–H groups in total. The number of aryl methyl sites for hydroxylation is 2. The molecular formula is C20H31N. The lowest BCUT2D eigenvalue weighted by Crippen LogP contribution is -2.36. The highest BCUT2D eigenvalue weighted by Gasteiger charge is 2.53. The van der Waals surface area contributed by atoms with E-state index in [0.717, 1.165) is 24.3 Å². The number of rotatable bonds is 6. The van der Waals surface area contributed by atoms with E-state index in [-0.39, 0.29) is 0 Å². The van der Waals surface area contributed by atoms with Crippen molar-refractivity contribution in [1.29, 1.82) is 0 Å². The zero-order chi connectivity index (χ0) is 15.0. The molecule has 116 valence electrons. The molecule has 0 amide bonds. The minimum absolute atomic E-state index is 0.532. The summed E-state index contributed by atoms with van der Waals surface area (Å²) in [5.74, 6) is 2.86. The van der Waals surface area contributed by atoms with Gasteiger partial charge in [-0.2, -0.15) is 0 Å². The maximum Gasteiger partial charge on any atom is 0.00113 e. The Morgan fingerprint density at radius 1 is 1.14 bits per heavy atom. The van der Waals surface area contributed by atoms with E-state index in [2.05, 4.69) is 51.2 Å². The molecule has 1 aromatic carbocycles. The average Bonchev–Trinajstić information content (AvgIpc) is 3.02. The molecule has 1 aromatic rings. The van der Waals surface area contributed by atoms with Crippen LogP contribution < -0.4 is 5.32 Å². The summed E-state index contributed by atoms with van der Waals surface area (Å²) in [5.41, 5.74) is 4.94. The van der Waals surface area contributed by atoms with Gasteiger partial charge < -0.3 is 5.32 Å². The lowest BCUT2D eigenvalue weighted by molar-refractivity contribution is 0.245. The Morgan fingerprint density at radius 3 is 2.48 bits per heavy atom. The monoisotopic (exact) mass is 285 g/mol. The molecule has 0 aliphatic heterocycles. The van der Waals surface area contributed by atoms with Gasteiger partial charge in [0.2, 0.25) is 0 Å². The number of nitrogens with one attached hydrogen (secondary N) is 1. The molecule has 0 heterocycles. The van der Waals surface area contributed by atoms with Crippen molar-refractivity contribution >= 4 is 0 Å². The van der Waals surface area contributed by atoms with Gasteiger partial charge in [0, 0.05) is 6.54 Å². The molecule has 1 nitrogen and oxygen atoms in total. The van der Waals surface area contributed by atoms with Crippen LogP contribution in [0.25, 0.3) is 0 Å². The van der Waals surface area contributed by atoms with Crippen LogP contribution in [0.5, 0.6) is 0 Å². The van der Waals surface area contributed by atoms with Gasteiger partial charge in [0.1, 0.15) is 0 Å². The Bertz CT molecular complexity index is 493. The van der Waals surface area contributed by atoms with E-state index in [1.54, 1.807) is 5.56 Å². The van der Waals surface area contributed by atoms with E-state index >= 15 is 0 Å². The second-order valence-electron chi connectivity index (χ2n) is 8.28. The summed E-state index contributed by atoms with van der Waals surface area (Å²) in [6.45, 7) is 11.4. The number of hydrogen-bond acceptors (Lipinski definition) is 1. The summed E-state index contributed by atoms with van der Waals surface area (Å²) >= 11 is 0. The topological polar surface area (TPSA) is 12.0 Å². The highest BCUT2D eigenvalue weighted by molar-refractivity contribution is 5.31. The average molecular weight is 285 g/mol. The van der Waals surface area contributed by atoms with E-state index in [0.29, 0.717) is 5.41 Å². The first-order chi connectivity index (χ1) is 9.97. The lowest BCUT2D eigenvalue weighted by atomic mass is 9.77. The molecule has 0 aromatic heterocycles. The Balaban J connectivity index is 1.68. The van der Waals surface area contributed by atoms with Crippen LogP contribution in [0.15, 0.2) is 18.2 Å². The van der Waals surface area contributed by atoms with Gasteiger partial charge in [-0.3, -0.25) is 0 Å². The zero-order valence-corrected chi connectivity index (χ0v) is 14.2. The second-order valence-corrected chi connectivity index (χ2v) is 8.28. The predicted octanol–water partition coefficient (Wildman–Crippen LogP) is 4.51. The molecule has 0 radical (unpaired) electrons.